The number of methoxy groups -OCH3 is 2. The highest BCUT2D eigenvalue weighted by Crippen LogP contribution is 2.43. The number of rotatable bonds is 4. The van der Waals surface area contributed by atoms with Crippen LogP contribution < -0.4 is 10.6 Å². The molecule has 2 N–H and O–H groups in total. The van der Waals surface area contributed by atoms with Crippen LogP contribution in [-0.2, 0) is 19.1 Å². The van der Waals surface area contributed by atoms with E-state index in [-0.39, 0.29) is 22.7 Å². The molecule has 1 aliphatic rings. The lowest BCUT2D eigenvalue weighted by Crippen LogP contribution is -2.40. The first-order valence-electron chi connectivity index (χ1n) is 10.1. The molecule has 0 saturated carbocycles. The highest BCUT2D eigenvalue weighted by atomic mass is 16.5. The maximum atomic E-state index is 13.1. The zero-order chi connectivity index (χ0) is 23.7. The van der Waals surface area contributed by atoms with Gasteiger partial charge in [-0.2, -0.15) is 5.26 Å². The largest absolute Gasteiger partial charge is 0.466 e. The predicted octanol–water partition coefficient (Wildman–Crippen LogP) is 3.64. The summed E-state index contributed by atoms with van der Waals surface area (Å²) in [6, 6.07) is 18.0. The number of anilines is 1. The predicted molar refractivity (Wildman–Crippen MR) is 120 cm³/mol. The number of esters is 2. The number of benzene rings is 2. The molecule has 0 spiro atoms. The number of hydrogen-bond acceptors (Lipinski definition) is 8. The quantitative estimate of drug-likeness (QED) is 0.607. The van der Waals surface area contributed by atoms with Crippen molar-refractivity contribution in [2.24, 2.45) is 5.73 Å². The van der Waals surface area contributed by atoms with Crippen molar-refractivity contribution in [3.8, 4) is 6.07 Å². The summed E-state index contributed by atoms with van der Waals surface area (Å²) in [6.45, 7) is 1.82. The molecule has 8 nitrogen and oxygen atoms in total. The number of ether oxygens (including phenoxy) is 2. The van der Waals surface area contributed by atoms with Crippen LogP contribution in [0.15, 0.2) is 81.7 Å². The normalized spacial score (nSPS) is 16.1. The molecule has 1 atom stereocenters. The molecule has 8 heteroatoms. The Hall–Kier alpha value is -4.51. The second kappa shape index (κ2) is 8.55. The van der Waals surface area contributed by atoms with E-state index in [0.717, 1.165) is 5.39 Å². The summed E-state index contributed by atoms with van der Waals surface area (Å²) in [5.74, 6) is -1.74. The van der Waals surface area contributed by atoms with Crippen LogP contribution >= 0.6 is 0 Å². The van der Waals surface area contributed by atoms with Crippen LogP contribution in [0.5, 0.6) is 0 Å². The lowest BCUT2D eigenvalue weighted by molar-refractivity contribution is -0.139. The van der Waals surface area contributed by atoms with Gasteiger partial charge < -0.3 is 19.6 Å². The number of aryl methyl sites for hydroxylation is 1. The second-order valence-electron chi connectivity index (χ2n) is 7.41. The first-order chi connectivity index (χ1) is 15.9. The first kappa shape index (κ1) is 21.7. The van der Waals surface area contributed by atoms with Crippen molar-refractivity contribution in [3.63, 3.8) is 0 Å². The second-order valence-corrected chi connectivity index (χ2v) is 7.41. The van der Waals surface area contributed by atoms with Gasteiger partial charge in [-0.3, -0.25) is 4.90 Å². The van der Waals surface area contributed by atoms with E-state index in [2.05, 4.69) is 6.07 Å². The summed E-state index contributed by atoms with van der Waals surface area (Å²) in [6.07, 6.45) is 0. The number of allylic oxidation sites excluding steroid dienone is 1. The van der Waals surface area contributed by atoms with Gasteiger partial charge in [-0.25, -0.2) is 9.59 Å². The highest BCUT2D eigenvalue weighted by Gasteiger charge is 2.43. The molecule has 0 aliphatic carbocycles. The van der Waals surface area contributed by atoms with E-state index >= 15 is 0 Å². The lowest BCUT2D eigenvalue weighted by atomic mass is 9.81. The molecule has 166 valence electrons. The molecule has 3 aromatic rings. The summed E-state index contributed by atoms with van der Waals surface area (Å²) in [5.41, 5.74) is 8.17. The van der Waals surface area contributed by atoms with E-state index in [1.807, 2.05) is 19.1 Å². The number of carbonyl (C=O) groups is 2. The van der Waals surface area contributed by atoms with Crippen LogP contribution in [0.4, 0.5) is 5.69 Å². The summed E-state index contributed by atoms with van der Waals surface area (Å²) in [5, 5.41) is 10.8. The monoisotopic (exact) mass is 443 g/mol. The highest BCUT2D eigenvalue weighted by molar-refractivity contribution is 6.06. The average Bonchev–Trinajstić information content (AvgIpc) is 3.21. The van der Waals surface area contributed by atoms with E-state index in [1.54, 1.807) is 42.5 Å². The number of nitriles is 1. The van der Waals surface area contributed by atoms with Crippen molar-refractivity contribution in [2.45, 2.75) is 12.8 Å². The fraction of sp³-hybridized carbons (Fsp3) is 0.160. The molecule has 0 amide bonds. The van der Waals surface area contributed by atoms with Gasteiger partial charge in [0.25, 0.3) is 0 Å². The van der Waals surface area contributed by atoms with Crippen LogP contribution in [0.2, 0.25) is 0 Å². The van der Waals surface area contributed by atoms with Crippen LogP contribution in [0.1, 0.15) is 17.2 Å². The first-order valence-corrected chi connectivity index (χ1v) is 10.1. The Bertz CT molecular complexity index is 1360. The van der Waals surface area contributed by atoms with Gasteiger partial charge >= 0.3 is 11.9 Å². The van der Waals surface area contributed by atoms with Crippen molar-refractivity contribution < 1.29 is 23.5 Å². The summed E-state index contributed by atoms with van der Waals surface area (Å²) < 4.78 is 15.7. The summed E-state index contributed by atoms with van der Waals surface area (Å²) >= 11 is 0. The number of carbonyl (C=O) groups excluding carboxylic acids is 2. The zero-order valence-corrected chi connectivity index (χ0v) is 18.3. The fourth-order valence-electron chi connectivity index (χ4n) is 4.08. The molecule has 2 heterocycles. The summed E-state index contributed by atoms with van der Waals surface area (Å²) in [7, 11) is 2.42. The van der Waals surface area contributed by atoms with Gasteiger partial charge in [0.2, 0.25) is 0 Å². The molecular weight excluding hydrogens is 422 g/mol. The molecule has 33 heavy (non-hydrogen) atoms. The van der Waals surface area contributed by atoms with Gasteiger partial charge in [0, 0.05) is 11.1 Å². The van der Waals surface area contributed by atoms with Crippen LogP contribution in [0.25, 0.3) is 11.0 Å². The molecule has 4 rings (SSSR count). The number of fused-ring (bicyclic) bond motifs is 1. The van der Waals surface area contributed by atoms with Crippen LogP contribution in [0.3, 0.4) is 0 Å². The van der Waals surface area contributed by atoms with E-state index in [1.165, 1.54) is 19.1 Å². The van der Waals surface area contributed by atoms with Gasteiger partial charge in [-0.05, 0) is 36.8 Å². The Morgan fingerprint density at radius 3 is 2.39 bits per heavy atom. The van der Waals surface area contributed by atoms with Gasteiger partial charge in [0.15, 0.2) is 0 Å². The molecule has 0 fully saturated rings. The third kappa shape index (κ3) is 3.59. The molecule has 1 unspecified atom stereocenters. The van der Waals surface area contributed by atoms with E-state index < -0.39 is 17.9 Å². The molecular formula is C25H21N3O5. The molecule has 1 aromatic heterocycles. The van der Waals surface area contributed by atoms with Crippen molar-refractivity contribution in [2.75, 3.05) is 19.1 Å². The van der Waals surface area contributed by atoms with Gasteiger partial charge in [-0.1, -0.05) is 30.3 Å². The van der Waals surface area contributed by atoms with Crippen molar-refractivity contribution in [1.82, 2.24) is 0 Å². The van der Waals surface area contributed by atoms with Gasteiger partial charge in [-0.15, -0.1) is 0 Å². The van der Waals surface area contributed by atoms with Crippen molar-refractivity contribution >= 4 is 28.6 Å². The number of furan rings is 1. The minimum absolute atomic E-state index is 0.0129. The standard InChI is InChI=1S/C25H21N3O5/c1-14-11-16-12-17(9-10-19(16)33-14)28-22(25(30)32-3)21(24(29)31-2)20(18(13-26)23(28)27)15-7-5-4-6-8-15/h4-12,20H,27H2,1-3H3. The minimum Gasteiger partial charge on any atom is -0.466 e. The molecule has 2 aromatic carbocycles. The van der Waals surface area contributed by atoms with E-state index in [9.17, 15) is 14.9 Å². The zero-order valence-electron chi connectivity index (χ0n) is 18.3. The maximum absolute atomic E-state index is 13.1. The number of hydrogen-bond donors (Lipinski definition) is 1. The van der Waals surface area contributed by atoms with E-state index in [4.69, 9.17) is 19.6 Å². The SMILES string of the molecule is COC(=O)C1=C(C(=O)OC)N(c2ccc3oc(C)cc3c2)C(N)=C(C#N)C1c1ccccc1. The Labute approximate surface area is 190 Å². The van der Waals surface area contributed by atoms with Crippen molar-refractivity contribution in [3.05, 3.63) is 88.6 Å². The van der Waals surface area contributed by atoms with Gasteiger partial charge in [0.05, 0.1) is 37.4 Å². The fourth-order valence-corrected chi connectivity index (χ4v) is 4.08. The Kier molecular flexibility index (Phi) is 5.63. The Morgan fingerprint density at radius 2 is 1.76 bits per heavy atom. The molecule has 0 saturated heterocycles. The lowest BCUT2D eigenvalue weighted by Gasteiger charge is -2.35. The Morgan fingerprint density at radius 1 is 1.06 bits per heavy atom. The van der Waals surface area contributed by atoms with Crippen molar-refractivity contribution in [1.29, 1.82) is 5.26 Å². The minimum atomic E-state index is -0.908. The Balaban J connectivity index is 2.06. The third-order valence-electron chi connectivity index (χ3n) is 5.49. The smallest absolute Gasteiger partial charge is 0.355 e. The number of nitrogens with two attached hydrogens (primary N) is 1. The topological polar surface area (TPSA) is 119 Å². The molecule has 0 radical (unpaired) electrons. The molecule has 1 aliphatic heterocycles. The maximum Gasteiger partial charge on any atom is 0.355 e. The van der Waals surface area contributed by atoms with Gasteiger partial charge in [0.1, 0.15) is 22.9 Å². The summed E-state index contributed by atoms with van der Waals surface area (Å²) in [4.78, 5) is 27.5. The average molecular weight is 443 g/mol. The van der Waals surface area contributed by atoms with E-state index in [0.29, 0.717) is 22.6 Å². The number of nitrogens with zero attached hydrogens (tertiary/aromatic N) is 2. The van der Waals surface area contributed by atoms with Crippen LogP contribution in [0, 0.1) is 18.3 Å². The third-order valence-corrected chi connectivity index (χ3v) is 5.49. The molecule has 0 bridgehead atoms. The van der Waals surface area contributed by atoms with Crippen LogP contribution in [-0.4, -0.2) is 26.2 Å².